The molecular formula is C22H31BN4O2. The molecule has 0 radical (unpaired) electrons. The summed E-state index contributed by atoms with van der Waals surface area (Å²) in [5, 5.41) is 6.03. The second-order valence-electron chi connectivity index (χ2n) is 7.94. The zero-order chi connectivity index (χ0) is 21.2. The molecule has 2 rings (SSSR count). The molecule has 2 atom stereocenters. The number of hydrogen-bond donors (Lipinski definition) is 2. The summed E-state index contributed by atoms with van der Waals surface area (Å²) in [5.41, 5.74) is 1.18. The van der Waals surface area contributed by atoms with Crippen LogP contribution in [0.3, 0.4) is 0 Å². The molecule has 29 heavy (non-hydrogen) atoms. The Labute approximate surface area is 174 Å². The van der Waals surface area contributed by atoms with Crippen LogP contribution in [0.25, 0.3) is 0 Å². The standard InChI is InChI=1S/C22H31BN4O2/c1-5-23(4)20(13-16(2)3)27-21(28)18(14-17-9-7-6-8-10-17)26-22(29)19-15-24-11-12-25-19/h6-12,15-16,18,20H,5,13-14H2,1-4H3,(H,26,29)(H,27,28)/t18-,20+/m1/s1. The number of nitrogens with one attached hydrogen (secondary N) is 2. The van der Waals surface area contributed by atoms with Crippen LogP contribution >= 0.6 is 0 Å². The van der Waals surface area contributed by atoms with Gasteiger partial charge in [-0.1, -0.05) is 64.2 Å². The fourth-order valence-electron chi connectivity index (χ4n) is 3.22. The van der Waals surface area contributed by atoms with Gasteiger partial charge in [-0.2, -0.15) is 0 Å². The maximum absolute atomic E-state index is 13.2. The summed E-state index contributed by atoms with van der Waals surface area (Å²) in [6, 6.07) is 9.00. The van der Waals surface area contributed by atoms with Crippen molar-refractivity contribution in [3.05, 3.63) is 60.2 Å². The molecule has 6 nitrogen and oxygen atoms in total. The van der Waals surface area contributed by atoms with E-state index in [-0.39, 0.29) is 17.5 Å². The fraction of sp³-hybridized carbons (Fsp3) is 0.455. The van der Waals surface area contributed by atoms with Gasteiger partial charge in [0.05, 0.1) is 6.20 Å². The minimum atomic E-state index is -0.689. The minimum absolute atomic E-state index is 0.0687. The Balaban J connectivity index is 2.18. The van der Waals surface area contributed by atoms with E-state index in [1.54, 1.807) is 0 Å². The molecule has 1 heterocycles. The van der Waals surface area contributed by atoms with E-state index in [0.29, 0.717) is 19.1 Å². The van der Waals surface area contributed by atoms with E-state index in [1.165, 1.54) is 18.6 Å². The van der Waals surface area contributed by atoms with Gasteiger partial charge in [0.25, 0.3) is 5.91 Å². The summed E-state index contributed by atoms with van der Waals surface area (Å²) >= 11 is 0. The van der Waals surface area contributed by atoms with Crippen LogP contribution in [-0.2, 0) is 11.2 Å². The largest absolute Gasteiger partial charge is 0.359 e. The lowest BCUT2D eigenvalue weighted by Crippen LogP contribution is -2.54. The monoisotopic (exact) mass is 394 g/mol. The number of rotatable bonds is 10. The lowest BCUT2D eigenvalue weighted by atomic mass is 9.43. The van der Waals surface area contributed by atoms with Crippen molar-refractivity contribution in [2.45, 2.75) is 58.7 Å². The third-order valence-corrected chi connectivity index (χ3v) is 5.08. The van der Waals surface area contributed by atoms with Crippen LogP contribution in [0.15, 0.2) is 48.9 Å². The van der Waals surface area contributed by atoms with Gasteiger partial charge in [0.2, 0.25) is 5.91 Å². The third-order valence-electron chi connectivity index (χ3n) is 5.08. The van der Waals surface area contributed by atoms with Crippen molar-refractivity contribution in [2.24, 2.45) is 5.92 Å². The molecule has 2 N–H and O–H groups in total. The van der Waals surface area contributed by atoms with E-state index in [2.05, 4.69) is 48.2 Å². The molecule has 7 heteroatoms. The van der Waals surface area contributed by atoms with E-state index < -0.39 is 11.9 Å². The summed E-state index contributed by atoms with van der Waals surface area (Å²) in [4.78, 5) is 33.7. The maximum Gasteiger partial charge on any atom is 0.272 e. The molecule has 2 aromatic rings. The molecule has 0 bridgehead atoms. The zero-order valence-electron chi connectivity index (χ0n) is 17.8. The number of hydrogen-bond acceptors (Lipinski definition) is 4. The Morgan fingerprint density at radius 1 is 1.10 bits per heavy atom. The van der Waals surface area contributed by atoms with Crippen LogP contribution in [-0.4, -0.2) is 40.5 Å². The van der Waals surface area contributed by atoms with Crippen molar-refractivity contribution < 1.29 is 9.59 Å². The summed E-state index contributed by atoms with van der Waals surface area (Å²) in [6.07, 6.45) is 6.65. The van der Waals surface area contributed by atoms with Gasteiger partial charge in [0.1, 0.15) is 11.7 Å². The molecule has 0 aliphatic heterocycles. The molecule has 0 fully saturated rings. The van der Waals surface area contributed by atoms with Crippen LogP contribution in [0.4, 0.5) is 0 Å². The molecule has 0 spiro atoms. The fourth-order valence-corrected chi connectivity index (χ4v) is 3.22. The van der Waals surface area contributed by atoms with Crippen molar-refractivity contribution in [1.82, 2.24) is 20.6 Å². The van der Waals surface area contributed by atoms with Crippen molar-refractivity contribution in [2.75, 3.05) is 0 Å². The first-order valence-electron chi connectivity index (χ1n) is 10.3. The van der Waals surface area contributed by atoms with Gasteiger partial charge in [-0.15, -0.1) is 0 Å². The summed E-state index contributed by atoms with van der Waals surface area (Å²) in [6.45, 7) is 8.94. The SMILES string of the molecule is CCB(C)[C@H](CC(C)C)NC(=O)[C@@H](Cc1ccccc1)NC(=O)c1cnccn1. The maximum atomic E-state index is 13.2. The number of amides is 2. The molecule has 0 aliphatic rings. The Kier molecular flexibility index (Phi) is 8.84. The molecule has 0 saturated heterocycles. The van der Waals surface area contributed by atoms with E-state index in [9.17, 15) is 9.59 Å². The van der Waals surface area contributed by atoms with Crippen LogP contribution in [0.2, 0.25) is 13.1 Å². The quantitative estimate of drug-likeness (QED) is 0.607. The van der Waals surface area contributed by atoms with Gasteiger partial charge in [0.15, 0.2) is 6.71 Å². The number of benzene rings is 1. The smallest absolute Gasteiger partial charge is 0.272 e. The van der Waals surface area contributed by atoms with E-state index in [0.717, 1.165) is 18.3 Å². The van der Waals surface area contributed by atoms with Gasteiger partial charge >= 0.3 is 0 Å². The van der Waals surface area contributed by atoms with Gasteiger partial charge in [-0.25, -0.2) is 4.98 Å². The van der Waals surface area contributed by atoms with Crippen LogP contribution in [0.5, 0.6) is 0 Å². The van der Waals surface area contributed by atoms with Gasteiger partial charge in [0, 0.05) is 24.8 Å². The molecule has 0 unspecified atom stereocenters. The van der Waals surface area contributed by atoms with Crippen LogP contribution in [0.1, 0.15) is 43.2 Å². The number of nitrogens with zero attached hydrogens (tertiary/aromatic N) is 2. The summed E-state index contributed by atoms with van der Waals surface area (Å²) in [5.74, 6) is -0.0366. The Bertz CT molecular complexity index is 771. The zero-order valence-corrected chi connectivity index (χ0v) is 17.8. The second-order valence-corrected chi connectivity index (χ2v) is 7.94. The Morgan fingerprint density at radius 3 is 2.41 bits per heavy atom. The molecule has 0 aliphatic carbocycles. The van der Waals surface area contributed by atoms with Gasteiger partial charge < -0.3 is 10.6 Å². The highest BCUT2D eigenvalue weighted by Gasteiger charge is 2.28. The molecular weight excluding hydrogens is 363 g/mol. The summed E-state index contributed by atoms with van der Waals surface area (Å²) in [7, 11) is 0. The molecule has 1 aromatic heterocycles. The second kappa shape index (κ2) is 11.3. The predicted molar refractivity (Wildman–Crippen MR) is 117 cm³/mol. The van der Waals surface area contributed by atoms with Gasteiger partial charge in [-0.3, -0.25) is 14.6 Å². The molecule has 0 saturated carbocycles. The number of carbonyl (C=O) groups excluding carboxylic acids is 2. The minimum Gasteiger partial charge on any atom is -0.359 e. The normalized spacial score (nSPS) is 12.9. The van der Waals surface area contributed by atoms with E-state index in [1.807, 2.05) is 30.3 Å². The number of aromatic nitrogens is 2. The topological polar surface area (TPSA) is 84.0 Å². The lowest BCUT2D eigenvalue weighted by molar-refractivity contribution is -0.123. The summed E-state index contributed by atoms with van der Waals surface area (Å²) < 4.78 is 0. The number of carbonyl (C=O) groups is 2. The first-order chi connectivity index (χ1) is 13.9. The highest BCUT2D eigenvalue weighted by molar-refractivity contribution is 6.59. The van der Waals surface area contributed by atoms with Crippen molar-refractivity contribution in [3.63, 3.8) is 0 Å². The Morgan fingerprint density at radius 2 is 1.83 bits per heavy atom. The Hall–Kier alpha value is -2.70. The van der Waals surface area contributed by atoms with E-state index in [4.69, 9.17) is 0 Å². The predicted octanol–water partition coefficient (Wildman–Crippen LogP) is 3.03. The highest BCUT2D eigenvalue weighted by Crippen LogP contribution is 2.12. The van der Waals surface area contributed by atoms with Crippen molar-refractivity contribution >= 4 is 18.5 Å². The first kappa shape index (κ1) is 22.6. The first-order valence-corrected chi connectivity index (χ1v) is 10.3. The average Bonchev–Trinajstić information content (AvgIpc) is 2.73. The van der Waals surface area contributed by atoms with Gasteiger partial charge in [-0.05, 0) is 17.9 Å². The highest BCUT2D eigenvalue weighted by atomic mass is 16.2. The van der Waals surface area contributed by atoms with Crippen LogP contribution < -0.4 is 10.6 Å². The molecule has 154 valence electrons. The third kappa shape index (κ3) is 7.33. The van der Waals surface area contributed by atoms with Crippen molar-refractivity contribution in [3.8, 4) is 0 Å². The van der Waals surface area contributed by atoms with Crippen LogP contribution in [0, 0.1) is 5.92 Å². The molecule has 1 aromatic carbocycles. The average molecular weight is 394 g/mol. The van der Waals surface area contributed by atoms with E-state index >= 15 is 0 Å². The van der Waals surface area contributed by atoms with Crippen molar-refractivity contribution in [1.29, 1.82) is 0 Å². The molecule has 2 amide bonds. The lowest BCUT2D eigenvalue weighted by Gasteiger charge is -2.27.